The van der Waals surface area contributed by atoms with Crippen molar-refractivity contribution < 1.29 is 5.11 Å². The summed E-state index contributed by atoms with van der Waals surface area (Å²) in [5.74, 6) is 2.16. The summed E-state index contributed by atoms with van der Waals surface area (Å²) in [7, 11) is 2.08. The van der Waals surface area contributed by atoms with Crippen LogP contribution in [-0.2, 0) is 6.54 Å². The van der Waals surface area contributed by atoms with Crippen molar-refractivity contribution in [2.24, 2.45) is 0 Å². The van der Waals surface area contributed by atoms with Crippen molar-refractivity contribution in [1.29, 1.82) is 0 Å². The van der Waals surface area contributed by atoms with Gasteiger partial charge in [-0.1, -0.05) is 0 Å². The maximum atomic E-state index is 10.3. The van der Waals surface area contributed by atoms with E-state index in [1.165, 1.54) is 0 Å². The van der Waals surface area contributed by atoms with Gasteiger partial charge in [0.2, 0.25) is 0 Å². The van der Waals surface area contributed by atoms with Crippen molar-refractivity contribution in [3.63, 3.8) is 0 Å². The molecule has 1 aliphatic heterocycles. The monoisotopic (exact) mass is 241 g/mol. The molecular weight excluding hydrogens is 222 g/mol. The van der Waals surface area contributed by atoms with Crippen LogP contribution in [0.4, 0.5) is 0 Å². The first-order valence-electron chi connectivity index (χ1n) is 5.70. The van der Waals surface area contributed by atoms with Gasteiger partial charge < -0.3 is 5.11 Å². The zero-order valence-corrected chi connectivity index (χ0v) is 10.7. The lowest BCUT2D eigenvalue weighted by atomic mass is 10.1. The molecule has 2 heterocycles. The predicted octanol–water partition coefficient (Wildman–Crippen LogP) is 0.984. The lowest BCUT2D eigenvalue weighted by molar-refractivity contribution is 0.0758. The first kappa shape index (κ1) is 12.0. The van der Waals surface area contributed by atoms with Crippen LogP contribution in [-0.4, -0.2) is 50.9 Å². The predicted molar refractivity (Wildman–Crippen MR) is 66.6 cm³/mol. The number of rotatable bonds is 3. The number of hydrogen-bond acceptors (Lipinski definition) is 4. The van der Waals surface area contributed by atoms with E-state index in [4.69, 9.17) is 0 Å². The van der Waals surface area contributed by atoms with E-state index < -0.39 is 6.10 Å². The fraction of sp³-hybridized carbons (Fsp3) is 0.727. The van der Waals surface area contributed by atoms with E-state index >= 15 is 0 Å². The zero-order chi connectivity index (χ0) is 11.5. The number of likely N-dealkylation sites (N-methyl/N-ethyl adjacent to an activating group) is 1. The molecule has 2 unspecified atom stereocenters. The SMILES string of the molecule is CCn1cc(C(O)C2CSCCN2C)cn1. The van der Waals surface area contributed by atoms with Crippen molar-refractivity contribution in [2.75, 3.05) is 25.1 Å². The van der Waals surface area contributed by atoms with Gasteiger partial charge in [0.05, 0.1) is 12.3 Å². The Bertz CT molecular complexity index is 342. The van der Waals surface area contributed by atoms with E-state index in [0.29, 0.717) is 0 Å². The van der Waals surface area contributed by atoms with Gasteiger partial charge in [0, 0.05) is 42.4 Å². The van der Waals surface area contributed by atoms with Crippen molar-refractivity contribution in [3.8, 4) is 0 Å². The summed E-state index contributed by atoms with van der Waals surface area (Å²) in [6.07, 6.45) is 3.30. The number of aliphatic hydroxyl groups excluding tert-OH is 1. The van der Waals surface area contributed by atoms with Gasteiger partial charge in [-0.2, -0.15) is 16.9 Å². The lowest BCUT2D eigenvalue weighted by Crippen LogP contribution is -2.43. The van der Waals surface area contributed by atoms with Crippen LogP contribution >= 0.6 is 11.8 Å². The highest BCUT2D eigenvalue weighted by atomic mass is 32.2. The van der Waals surface area contributed by atoms with E-state index in [-0.39, 0.29) is 6.04 Å². The first-order chi connectivity index (χ1) is 7.72. The molecule has 0 spiro atoms. The molecule has 4 nitrogen and oxygen atoms in total. The molecule has 1 saturated heterocycles. The molecule has 0 bridgehead atoms. The summed E-state index contributed by atoms with van der Waals surface area (Å²) in [4.78, 5) is 2.24. The summed E-state index contributed by atoms with van der Waals surface area (Å²) in [6.45, 7) is 3.95. The highest BCUT2D eigenvalue weighted by molar-refractivity contribution is 7.99. The molecule has 0 saturated carbocycles. The van der Waals surface area contributed by atoms with Crippen LogP contribution in [0.25, 0.3) is 0 Å². The second-order valence-corrected chi connectivity index (χ2v) is 5.35. The van der Waals surface area contributed by atoms with E-state index in [1.807, 2.05) is 29.6 Å². The Morgan fingerprint density at radius 2 is 2.50 bits per heavy atom. The summed E-state index contributed by atoms with van der Waals surface area (Å²) >= 11 is 1.91. The van der Waals surface area contributed by atoms with Crippen LogP contribution in [0, 0.1) is 0 Å². The van der Waals surface area contributed by atoms with Crippen molar-refractivity contribution >= 4 is 11.8 Å². The van der Waals surface area contributed by atoms with Crippen molar-refractivity contribution in [3.05, 3.63) is 18.0 Å². The number of nitrogens with zero attached hydrogens (tertiary/aromatic N) is 3. The molecule has 5 heteroatoms. The largest absolute Gasteiger partial charge is 0.387 e. The summed E-state index contributed by atoms with van der Waals surface area (Å²) in [5, 5.41) is 14.5. The molecule has 90 valence electrons. The minimum Gasteiger partial charge on any atom is -0.387 e. The average Bonchev–Trinajstić information content (AvgIpc) is 2.77. The molecule has 1 N–H and O–H groups in total. The van der Waals surface area contributed by atoms with Gasteiger partial charge in [0.25, 0.3) is 0 Å². The minimum absolute atomic E-state index is 0.216. The summed E-state index contributed by atoms with van der Waals surface area (Å²) in [5.41, 5.74) is 0.932. The number of aromatic nitrogens is 2. The Morgan fingerprint density at radius 1 is 1.69 bits per heavy atom. The fourth-order valence-electron chi connectivity index (χ4n) is 1.97. The van der Waals surface area contributed by atoms with Crippen molar-refractivity contribution in [2.45, 2.75) is 25.6 Å². The summed E-state index contributed by atoms with van der Waals surface area (Å²) < 4.78 is 1.86. The van der Waals surface area contributed by atoms with Gasteiger partial charge in [-0.05, 0) is 14.0 Å². The molecule has 1 aromatic heterocycles. The van der Waals surface area contributed by atoms with E-state index in [1.54, 1.807) is 6.20 Å². The third kappa shape index (κ3) is 2.42. The van der Waals surface area contributed by atoms with Gasteiger partial charge in [-0.25, -0.2) is 0 Å². The van der Waals surface area contributed by atoms with Gasteiger partial charge >= 0.3 is 0 Å². The molecule has 1 aromatic rings. The average molecular weight is 241 g/mol. The molecule has 0 amide bonds. The Labute approximate surface area is 101 Å². The number of hydrogen-bond donors (Lipinski definition) is 1. The number of thioether (sulfide) groups is 1. The third-order valence-electron chi connectivity index (χ3n) is 3.13. The summed E-state index contributed by atoms with van der Waals surface area (Å²) in [6, 6.07) is 0.216. The Hall–Kier alpha value is -0.520. The quantitative estimate of drug-likeness (QED) is 0.856. The molecule has 1 fully saturated rings. The molecule has 0 aromatic carbocycles. The molecule has 0 radical (unpaired) electrons. The van der Waals surface area contributed by atoms with Crippen LogP contribution in [0.15, 0.2) is 12.4 Å². The van der Waals surface area contributed by atoms with Crippen LogP contribution < -0.4 is 0 Å². The third-order valence-corrected chi connectivity index (χ3v) is 4.17. The van der Waals surface area contributed by atoms with Gasteiger partial charge in [-0.15, -0.1) is 0 Å². The standard InChI is InChI=1S/C11H19N3OS/c1-3-14-7-9(6-12-14)11(15)10-8-16-5-4-13(10)2/h6-7,10-11,15H,3-5,8H2,1-2H3. The van der Waals surface area contributed by atoms with Gasteiger partial charge in [-0.3, -0.25) is 9.58 Å². The Morgan fingerprint density at radius 3 is 3.12 bits per heavy atom. The Balaban J connectivity index is 2.07. The van der Waals surface area contributed by atoms with Gasteiger partial charge in [0.15, 0.2) is 0 Å². The lowest BCUT2D eigenvalue weighted by Gasteiger charge is -2.34. The van der Waals surface area contributed by atoms with Crippen LogP contribution in [0.1, 0.15) is 18.6 Å². The van der Waals surface area contributed by atoms with Crippen LogP contribution in [0.2, 0.25) is 0 Å². The maximum Gasteiger partial charge on any atom is 0.0983 e. The first-order valence-corrected chi connectivity index (χ1v) is 6.86. The molecular formula is C11H19N3OS. The smallest absolute Gasteiger partial charge is 0.0983 e. The molecule has 2 rings (SSSR count). The van der Waals surface area contributed by atoms with E-state index in [2.05, 4.69) is 17.0 Å². The number of aliphatic hydroxyl groups is 1. The maximum absolute atomic E-state index is 10.3. The molecule has 1 aliphatic rings. The fourth-order valence-corrected chi connectivity index (χ4v) is 3.23. The molecule has 2 atom stereocenters. The van der Waals surface area contributed by atoms with Crippen LogP contribution in [0.3, 0.4) is 0 Å². The van der Waals surface area contributed by atoms with Crippen LogP contribution in [0.5, 0.6) is 0 Å². The topological polar surface area (TPSA) is 41.3 Å². The minimum atomic E-state index is -0.418. The second kappa shape index (κ2) is 5.21. The highest BCUT2D eigenvalue weighted by Gasteiger charge is 2.28. The highest BCUT2D eigenvalue weighted by Crippen LogP contribution is 2.26. The second-order valence-electron chi connectivity index (χ2n) is 4.20. The Kier molecular flexibility index (Phi) is 3.89. The normalized spacial score (nSPS) is 24.6. The molecule has 0 aliphatic carbocycles. The molecule has 16 heavy (non-hydrogen) atoms. The van der Waals surface area contributed by atoms with E-state index in [0.717, 1.165) is 30.2 Å². The van der Waals surface area contributed by atoms with E-state index in [9.17, 15) is 5.11 Å². The van der Waals surface area contributed by atoms with Gasteiger partial charge in [0.1, 0.15) is 0 Å². The number of aryl methyl sites for hydroxylation is 1. The van der Waals surface area contributed by atoms with Crippen molar-refractivity contribution in [1.82, 2.24) is 14.7 Å². The zero-order valence-electron chi connectivity index (χ0n) is 9.83.